The van der Waals surface area contributed by atoms with Crippen molar-refractivity contribution in [2.24, 2.45) is 29.4 Å². The third kappa shape index (κ3) is 7.38. The van der Waals surface area contributed by atoms with Crippen molar-refractivity contribution in [3.8, 4) is 11.1 Å². The first-order chi connectivity index (χ1) is 18.9. The highest BCUT2D eigenvalue weighted by molar-refractivity contribution is 5.79. The predicted molar refractivity (Wildman–Crippen MR) is 148 cm³/mol. The van der Waals surface area contributed by atoms with E-state index >= 15 is 0 Å². The number of hydrogen-bond donors (Lipinski definition) is 4. The molecule has 0 atom stereocenters. The highest BCUT2D eigenvalue weighted by Gasteiger charge is 2.30. The Hall–Kier alpha value is -3.39. The topological polar surface area (TPSA) is 139 Å². The highest BCUT2D eigenvalue weighted by atomic mass is 16.5. The maximum absolute atomic E-state index is 12.2. The Kier molecular flexibility index (Phi) is 9.98. The van der Waals surface area contributed by atoms with E-state index in [1.807, 2.05) is 24.3 Å². The second kappa shape index (κ2) is 13.6. The Balaban J connectivity index is 0.000000270. The number of nitrogens with one attached hydrogen (secondary N) is 1. The smallest absolute Gasteiger partial charge is 0.407 e. The Labute approximate surface area is 229 Å². The molecule has 0 saturated heterocycles. The summed E-state index contributed by atoms with van der Waals surface area (Å²) in [4.78, 5) is 33.8. The molecule has 2 saturated carbocycles. The van der Waals surface area contributed by atoms with Crippen molar-refractivity contribution in [2.75, 3.05) is 19.7 Å². The number of carboxylic acids is 2. The Morgan fingerprint density at radius 2 is 1.21 bits per heavy atom. The molecular formula is C31H40N2O6. The van der Waals surface area contributed by atoms with Crippen molar-refractivity contribution in [1.29, 1.82) is 0 Å². The minimum atomic E-state index is -0.706. The molecule has 0 aromatic heterocycles. The van der Waals surface area contributed by atoms with Crippen LogP contribution in [-0.4, -0.2) is 47.9 Å². The average Bonchev–Trinajstić information content (AvgIpc) is 3.29. The largest absolute Gasteiger partial charge is 0.481 e. The van der Waals surface area contributed by atoms with Crippen LogP contribution in [0.15, 0.2) is 48.5 Å². The van der Waals surface area contributed by atoms with E-state index in [9.17, 15) is 14.4 Å². The van der Waals surface area contributed by atoms with Crippen LogP contribution >= 0.6 is 0 Å². The molecule has 2 fully saturated rings. The average molecular weight is 537 g/mol. The third-order valence-electron chi connectivity index (χ3n) is 8.60. The fourth-order valence-corrected chi connectivity index (χ4v) is 6.14. The van der Waals surface area contributed by atoms with Gasteiger partial charge < -0.3 is 26.0 Å². The fourth-order valence-electron chi connectivity index (χ4n) is 6.14. The number of benzene rings is 2. The second-order valence-electron chi connectivity index (χ2n) is 11.1. The molecule has 0 spiro atoms. The molecule has 210 valence electrons. The van der Waals surface area contributed by atoms with Crippen LogP contribution in [0.4, 0.5) is 4.79 Å². The van der Waals surface area contributed by atoms with Crippen LogP contribution in [0, 0.1) is 23.7 Å². The van der Waals surface area contributed by atoms with Crippen molar-refractivity contribution < 1.29 is 29.3 Å². The van der Waals surface area contributed by atoms with Crippen LogP contribution in [0.25, 0.3) is 11.1 Å². The van der Waals surface area contributed by atoms with Crippen molar-refractivity contribution in [3.05, 3.63) is 59.7 Å². The van der Waals surface area contributed by atoms with Gasteiger partial charge in [0, 0.05) is 12.5 Å². The van der Waals surface area contributed by atoms with Gasteiger partial charge in [-0.3, -0.25) is 9.59 Å². The number of carbonyl (C=O) groups excluding carboxylic acids is 1. The van der Waals surface area contributed by atoms with E-state index in [4.69, 9.17) is 20.7 Å². The summed E-state index contributed by atoms with van der Waals surface area (Å²) < 4.78 is 5.55. The number of nitrogens with two attached hydrogens (primary N) is 1. The lowest BCUT2D eigenvalue weighted by Crippen LogP contribution is -2.33. The number of ether oxygens (including phenoxy) is 1. The van der Waals surface area contributed by atoms with Crippen molar-refractivity contribution in [1.82, 2.24) is 5.32 Å². The summed E-state index contributed by atoms with van der Waals surface area (Å²) in [5.74, 6) is -0.710. The van der Waals surface area contributed by atoms with Gasteiger partial charge in [-0.15, -0.1) is 0 Å². The summed E-state index contributed by atoms with van der Waals surface area (Å²) in [6.07, 6.45) is 6.26. The minimum Gasteiger partial charge on any atom is -0.481 e. The van der Waals surface area contributed by atoms with Gasteiger partial charge in [-0.1, -0.05) is 48.5 Å². The summed E-state index contributed by atoms with van der Waals surface area (Å²) in [6, 6.07) is 16.5. The van der Waals surface area contributed by atoms with Crippen molar-refractivity contribution in [2.45, 2.75) is 57.3 Å². The van der Waals surface area contributed by atoms with Gasteiger partial charge in [-0.25, -0.2) is 4.79 Å². The zero-order valence-electron chi connectivity index (χ0n) is 22.4. The first kappa shape index (κ1) is 28.6. The van der Waals surface area contributed by atoms with Crippen LogP contribution in [0.3, 0.4) is 0 Å². The third-order valence-corrected chi connectivity index (χ3v) is 8.60. The van der Waals surface area contributed by atoms with Gasteiger partial charge in [-0.05, 0) is 92.0 Å². The zero-order valence-corrected chi connectivity index (χ0v) is 22.4. The molecule has 2 aromatic carbocycles. The number of hydrogen-bond acceptors (Lipinski definition) is 5. The number of alkyl carbamates (subject to hydrolysis) is 1. The standard InChI is InChI=1S/C23H25NO4.C8H15NO2/c25-22(26)16-11-9-15(10-12-16)13-24-23(27)28-14-21-19-7-3-1-5-17(19)18-6-2-4-8-20(18)21;9-5-6-1-3-7(4-2-6)8(10)11/h1-8,15-16,21H,9-14H2,(H,24,27)(H,25,26);6-7H,1-5,9H2,(H,10,11). The molecule has 1 amide bonds. The number of amides is 1. The molecule has 8 heteroatoms. The lowest BCUT2D eigenvalue weighted by Gasteiger charge is -2.26. The summed E-state index contributed by atoms with van der Waals surface area (Å²) >= 11 is 0. The van der Waals surface area contributed by atoms with Crippen molar-refractivity contribution >= 4 is 18.0 Å². The van der Waals surface area contributed by atoms with Crippen LogP contribution in [0.2, 0.25) is 0 Å². The van der Waals surface area contributed by atoms with Gasteiger partial charge >= 0.3 is 18.0 Å². The molecule has 0 bridgehead atoms. The SMILES string of the molecule is NCC1CCC(C(=O)O)CC1.O=C(NCC1CCC(C(=O)O)CC1)OCC1c2ccccc2-c2ccccc21. The van der Waals surface area contributed by atoms with E-state index in [0.717, 1.165) is 38.5 Å². The summed E-state index contributed by atoms with van der Waals surface area (Å²) in [5, 5.41) is 20.6. The molecular weight excluding hydrogens is 496 g/mol. The first-order valence-electron chi connectivity index (χ1n) is 14.1. The Bertz CT molecular complexity index is 1090. The molecule has 0 radical (unpaired) electrons. The van der Waals surface area contributed by atoms with Gasteiger partial charge in [0.05, 0.1) is 11.8 Å². The molecule has 5 rings (SSSR count). The second-order valence-corrected chi connectivity index (χ2v) is 11.1. The summed E-state index contributed by atoms with van der Waals surface area (Å²) in [6.45, 7) is 1.57. The fraction of sp³-hybridized carbons (Fsp3) is 0.516. The normalized spacial score (nSPS) is 23.9. The van der Waals surface area contributed by atoms with Crippen molar-refractivity contribution in [3.63, 3.8) is 0 Å². The Morgan fingerprint density at radius 3 is 1.67 bits per heavy atom. The number of aliphatic carboxylic acids is 2. The quantitative estimate of drug-likeness (QED) is 0.379. The molecule has 3 aliphatic rings. The van der Waals surface area contributed by atoms with Gasteiger partial charge in [0.15, 0.2) is 0 Å². The van der Waals surface area contributed by atoms with E-state index in [1.165, 1.54) is 22.3 Å². The lowest BCUT2D eigenvalue weighted by atomic mass is 9.82. The molecule has 39 heavy (non-hydrogen) atoms. The number of carboxylic acid groups (broad SMARTS) is 2. The molecule has 0 unspecified atom stereocenters. The lowest BCUT2D eigenvalue weighted by molar-refractivity contribution is -0.144. The van der Waals surface area contributed by atoms with Gasteiger partial charge in [-0.2, -0.15) is 0 Å². The molecule has 5 N–H and O–H groups in total. The van der Waals surface area contributed by atoms with E-state index < -0.39 is 18.0 Å². The predicted octanol–water partition coefficient (Wildman–Crippen LogP) is 5.25. The van der Waals surface area contributed by atoms with Gasteiger partial charge in [0.2, 0.25) is 0 Å². The zero-order chi connectivity index (χ0) is 27.8. The monoisotopic (exact) mass is 536 g/mol. The van der Waals surface area contributed by atoms with Crippen LogP contribution in [0.5, 0.6) is 0 Å². The number of carbonyl (C=O) groups is 3. The molecule has 2 aromatic rings. The maximum atomic E-state index is 12.2. The van der Waals surface area contributed by atoms with Gasteiger partial charge in [0.25, 0.3) is 0 Å². The number of rotatable bonds is 7. The molecule has 0 heterocycles. The van der Waals surface area contributed by atoms with Crippen LogP contribution in [-0.2, 0) is 14.3 Å². The maximum Gasteiger partial charge on any atom is 0.407 e. The molecule has 0 aliphatic heterocycles. The number of fused-ring (bicyclic) bond motifs is 3. The van der Waals surface area contributed by atoms with Gasteiger partial charge in [0.1, 0.15) is 6.61 Å². The van der Waals surface area contributed by atoms with Crippen LogP contribution < -0.4 is 11.1 Å². The van der Waals surface area contributed by atoms with E-state index in [-0.39, 0.29) is 17.8 Å². The Morgan fingerprint density at radius 1 is 0.744 bits per heavy atom. The van der Waals surface area contributed by atoms with E-state index in [2.05, 4.69) is 29.6 Å². The first-order valence-corrected chi connectivity index (χ1v) is 14.1. The van der Waals surface area contributed by atoms with Crippen LogP contribution in [0.1, 0.15) is 68.4 Å². The highest BCUT2D eigenvalue weighted by Crippen LogP contribution is 2.44. The summed E-state index contributed by atoms with van der Waals surface area (Å²) in [5.41, 5.74) is 10.3. The minimum absolute atomic E-state index is 0.0594. The summed E-state index contributed by atoms with van der Waals surface area (Å²) in [7, 11) is 0. The molecule has 8 nitrogen and oxygen atoms in total. The van der Waals surface area contributed by atoms with E-state index in [0.29, 0.717) is 44.4 Å². The molecule has 3 aliphatic carbocycles. The van der Waals surface area contributed by atoms with E-state index in [1.54, 1.807) is 0 Å².